The second-order valence-corrected chi connectivity index (χ2v) is 4.84. The molecule has 1 saturated heterocycles. The normalized spacial score (nSPS) is 15.2. The van der Waals surface area contributed by atoms with E-state index in [0.29, 0.717) is 19.5 Å². The summed E-state index contributed by atoms with van der Waals surface area (Å²) in [5.41, 5.74) is 2.48. The van der Waals surface area contributed by atoms with E-state index in [4.69, 9.17) is 0 Å². The van der Waals surface area contributed by atoms with Gasteiger partial charge >= 0.3 is 0 Å². The van der Waals surface area contributed by atoms with Crippen molar-refractivity contribution in [2.75, 3.05) is 19.6 Å². The van der Waals surface area contributed by atoms with E-state index in [1.165, 1.54) is 11.1 Å². The third-order valence-corrected chi connectivity index (χ3v) is 3.45. The fraction of sp³-hybridized carbons (Fsp3) is 0.467. The van der Waals surface area contributed by atoms with Gasteiger partial charge in [-0.3, -0.25) is 9.59 Å². The van der Waals surface area contributed by atoms with Crippen LogP contribution in [0.2, 0.25) is 0 Å². The van der Waals surface area contributed by atoms with Crippen molar-refractivity contribution in [3.63, 3.8) is 0 Å². The lowest BCUT2D eigenvalue weighted by Crippen LogP contribution is -2.50. The molecule has 2 amide bonds. The molecule has 0 aromatic heterocycles. The van der Waals surface area contributed by atoms with Crippen molar-refractivity contribution in [2.24, 2.45) is 0 Å². The number of carbonyl (C=O) groups excluding carboxylic acids is 2. The molecule has 4 nitrogen and oxygen atoms in total. The molecule has 1 aromatic carbocycles. The van der Waals surface area contributed by atoms with Crippen molar-refractivity contribution in [1.29, 1.82) is 0 Å². The number of piperazine rings is 1. The number of hydrogen-bond acceptors (Lipinski definition) is 2. The molecule has 0 spiro atoms. The van der Waals surface area contributed by atoms with Gasteiger partial charge in [-0.2, -0.15) is 0 Å². The third-order valence-electron chi connectivity index (χ3n) is 3.45. The van der Waals surface area contributed by atoms with E-state index in [2.05, 4.69) is 36.5 Å². The van der Waals surface area contributed by atoms with E-state index in [0.717, 1.165) is 12.8 Å². The molecule has 0 saturated carbocycles. The Kier molecular flexibility index (Phi) is 4.55. The van der Waals surface area contributed by atoms with E-state index in [9.17, 15) is 9.59 Å². The quantitative estimate of drug-likeness (QED) is 0.882. The van der Waals surface area contributed by atoms with Gasteiger partial charge in [0.2, 0.25) is 11.8 Å². The lowest BCUT2D eigenvalue weighted by atomic mass is 10.1. The molecule has 0 radical (unpaired) electrons. The zero-order chi connectivity index (χ0) is 13.7. The average molecular weight is 260 g/mol. The topological polar surface area (TPSA) is 49.4 Å². The second kappa shape index (κ2) is 6.36. The second-order valence-electron chi connectivity index (χ2n) is 4.84. The van der Waals surface area contributed by atoms with Crippen LogP contribution in [0.5, 0.6) is 0 Å². The minimum atomic E-state index is -0.0631. The smallest absolute Gasteiger partial charge is 0.239 e. The van der Waals surface area contributed by atoms with Crippen molar-refractivity contribution in [3.8, 4) is 0 Å². The fourth-order valence-electron chi connectivity index (χ4n) is 2.20. The van der Waals surface area contributed by atoms with Crippen LogP contribution < -0.4 is 5.32 Å². The van der Waals surface area contributed by atoms with Gasteiger partial charge in [-0.05, 0) is 24.0 Å². The first-order valence-electron chi connectivity index (χ1n) is 6.81. The summed E-state index contributed by atoms with van der Waals surface area (Å²) in [5, 5.41) is 2.72. The monoisotopic (exact) mass is 260 g/mol. The van der Waals surface area contributed by atoms with Crippen LogP contribution in [0.4, 0.5) is 0 Å². The maximum Gasteiger partial charge on any atom is 0.239 e. The predicted octanol–water partition coefficient (Wildman–Crippen LogP) is 1.14. The van der Waals surface area contributed by atoms with E-state index in [-0.39, 0.29) is 18.4 Å². The maximum atomic E-state index is 12.0. The molecular formula is C15H20N2O2. The van der Waals surface area contributed by atoms with E-state index in [1.807, 2.05) is 0 Å². The SMILES string of the molecule is CCc1ccc(CCC(=O)N2CCNC(=O)C2)cc1. The van der Waals surface area contributed by atoms with Crippen molar-refractivity contribution in [3.05, 3.63) is 35.4 Å². The van der Waals surface area contributed by atoms with Crippen LogP contribution in [-0.2, 0) is 22.4 Å². The number of amides is 2. The maximum absolute atomic E-state index is 12.0. The Balaban J connectivity index is 1.83. The molecule has 1 fully saturated rings. The highest BCUT2D eigenvalue weighted by Gasteiger charge is 2.20. The molecule has 1 heterocycles. The molecule has 2 rings (SSSR count). The molecule has 1 aliphatic rings. The number of aryl methyl sites for hydroxylation is 2. The number of carbonyl (C=O) groups is 2. The highest BCUT2D eigenvalue weighted by Crippen LogP contribution is 2.09. The predicted molar refractivity (Wildman–Crippen MR) is 73.7 cm³/mol. The molecule has 1 aliphatic heterocycles. The van der Waals surface area contributed by atoms with E-state index < -0.39 is 0 Å². The van der Waals surface area contributed by atoms with Crippen LogP contribution in [0.15, 0.2) is 24.3 Å². The number of hydrogen-bond donors (Lipinski definition) is 1. The van der Waals surface area contributed by atoms with Gasteiger partial charge < -0.3 is 10.2 Å². The summed E-state index contributed by atoms with van der Waals surface area (Å²) < 4.78 is 0. The van der Waals surface area contributed by atoms with Crippen LogP contribution in [0.1, 0.15) is 24.5 Å². The first-order valence-corrected chi connectivity index (χ1v) is 6.81. The molecular weight excluding hydrogens is 240 g/mol. The Bertz CT molecular complexity index is 454. The lowest BCUT2D eigenvalue weighted by molar-refractivity contribution is -0.138. The van der Waals surface area contributed by atoms with Gasteiger partial charge in [-0.15, -0.1) is 0 Å². The third kappa shape index (κ3) is 3.81. The lowest BCUT2D eigenvalue weighted by Gasteiger charge is -2.26. The van der Waals surface area contributed by atoms with Crippen LogP contribution in [0.25, 0.3) is 0 Å². The molecule has 0 atom stereocenters. The minimum absolute atomic E-state index is 0.0631. The van der Waals surface area contributed by atoms with Crippen LogP contribution >= 0.6 is 0 Å². The zero-order valence-electron chi connectivity index (χ0n) is 11.3. The van der Waals surface area contributed by atoms with Crippen molar-refractivity contribution in [2.45, 2.75) is 26.2 Å². The minimum Gasteiger partial charge on any atom is -0.353 e. The largest absolute Gasteiger partial charge is 0.353 e. The first kappa shape index (κ1) is 13.6. The first-order chi connectivity index (χ1) is 9.19. The van der Waals surface area contributed by atoms with Crippen LogP contribution in [0.3, 0.4) is 0 Å². The van der Waals surface area contributed by atoms with Gasteiger partial charge in [0.25, 0.3) is 0 Å². The van der Waals surface area contributed by atoms with E-state index >= 15 is 0 Å². The Hall–Kier alpha value is -1.84. The highest BCUT2D eigenvalue weighted by molar-refractivity contribution is 5.85. The van der Waals surface area contributed by atoms with Crippen LogP contribution in [-0.4, -0.2) is 36.3 Å². The number of nitrogens with one attached hydrogen (secondary N) is 1. The van der Waals surface area contributed by atoms with Gasteiger partial charge in [0.05, 0.1) is 6.54 Å². The van der Waals surface area contributed by atoms with Crippen LogP contribution in [0, 0.1) is 0 Å². The van der Waals surface area contributed by atoms with Gasteiger partial charge in [0.1, 0.15) is 0 Å². The standard InChI is InChI=1S/C15H20N2O2/c1-2-12-3-5-13(6-4-12)7-8-15(19)17-10-9-16-14(18)11-17/h3-6H,2,7-11H2,1H3,(H,16,18). The summed E-state index contributed by atoms with van der Waals surface area (Å²) in [5.74, 6) is 0.00122. The average Bonchev–Trinajstić information content (AvgIpc) is 2.45. The van der Waals surface area contributed by atoms with Gasteiger partial charge in [-0.1, -0.05) is 31.2 Å². The molecule has 19 heavy (non-hydrogen) atoms. The summed E-state index contributed by atoms with van der Waals surface area (Å²) in [6.45, 7) is 3.52. The highest BCUT2D eigenvalue weighted by atomic mass is 16.2. The Morgan fingerprint density at radius 2 is 1.95 bits per heavy atom. The van der Waals surface area contributed by atoms with Crippen molar-refractivity contribution < 1.29 is 9.59 Å². The molecule has 1 N–H and O–H groups in total. The number of nitrogens with zero attached hydrogens (tertiary/aromatic N) is 1. The van der Waals surface area contributed by atoms with Gasteiger partial charge in [0, 0.05) is 19.5 Å². The summed E-state index contributed by atoms with van der Waals surface area (Å²) in [7, 11) is 0. The zero-order valence-corrected chi connectivity index (χ0v) is 11.3. The Morgan fingerprint density at radius 3 is 2.58 bits per heavy atom. The summed E-state index contributed by atoms with van der Waals surface area (Å²) in [4.78, 5) is 24.8. The van der Waals surface area contributed by atoms with Gasteiger partial charge in [0.15, 0.2) is 0 Å². The fourth-order valence-corrected chi connectivity index (χ4v) is 2.20. The van der Waals surface area contributed by atoms with E-state index in [1.54, 1.807) is 4.90 Å². The van der Waals surface area contributed by atoms with Gasteiger partial charge in [-0.25, -0.2) is 0 Å². The molecule has 1 aromatic rings. The molecule has 0 unspecified atom stereocenters. The molecule has 0 bridgehead atoms. The summed E-state index contributed by atoms with van der Waals surface area (Å²) >= 11 is 0. The molecule has 0 aliphatic carbocycles. The molecule has 4 heteroatoms. The molecule has 102 valence electrons. The summed E-state index contributed by atoms with van der Waals surface area (Å²) in [6, 6.07) is 8.37. The number of rotatable bonds is 4. The van der Waals surface area contributed by atoms with Crippen molar-refractivity contribution >= 4 is 11.8 Å². The summed E-state index contributed by atoms with van der Waals surface area (Å²) in [6.07, 6.45) is 2.24. The number of benzene rings is 1. The Morgan fingerprint density at radius 1 is 1.26 bits per heavy atom. The van der Waals surface area contributed by atoms with Crippen molar-refractivity contribution in [1.82, 2.24) is 10.2 Å². The Labute approximate surface area is 113 Å².